The Morgan fingerprint density at radius 3 is 2.00 bits per heavy atom. The zero-order valence-electron chi connectivity index (χ0n) is 21.5. The molecule has 2 aromatic rings. The lowest BCUT2D eigenvalue weighted by Gasteiger charge is -2.29. The van der Waals surface area contributed by atoms with Crippen molar-refractivity contribution in [3.8, 4) is 11.1 Å². The summed E-state index contributed by atoms with van der Waals surface area (Å²) in [5.41, 5.74) is 5.57. The van der Waals surface area contributed by atoms with E-state index in [1.807, 2.05) is 63.8 Å². The predicted molar refractivity (Wildman–Crippen MR) is 136 cm³/mol. The van der Waals surface area contributed by atoms with Gasteiger partial charge in [0.05, 0.1) is 5.60 Å². The van der Waals surface area contributed by atoms with Gasteiger partial charge in [-0.3, -0.25) is 4.79 Å². The predicted octanol–water partition coefficient (Wildman–Crippen LogP) is 6.84. The van der Waals surface area contributed by atoms with Gasteiger partial charge in [0.15, 0.2) is 6.10 Å². The molecule has 1 aliphatic rings. The third-order valence-corrected chi connectivity index (χ3v) is 6.39. The van der Waals surface area contributed by atoms with Crippen LogP contribution in [0.1, 0.15) is 81.9 Å². The molecule has 2 aromatic carbocycles. The Labute approximate surface area is 208 Å². The van der Waals surface area contributed by atoms with Gasteiger partial charge in [0.25, 0.3) is 0 Å². The van der Waals surface area contributed by atoms with Gasteiger partial charge in [0.2, 0.25) is 5.91 Å². The van der Waals surface area contributed by atoms with Crippen molar-refractivity contribution in [1.29, 1.82) is 0 Å². The maximum absolute atomic E-state index is 13.1. The molecule has 0 aliphatic carbocycles. The zero-order chi connectivity index (χ0) is 25.6. The van der Waals surface area contributed by atoms with Gasteiger partial charge in [-0.15, -0.1) is 0 Å². The quantitative estimate of drug-likeness (QED) is 0.503. The lowest BCUT2D eigenvalue weighted by atomic mass is 9.83. The number of carbonyl (C=O) groups is 2. The van der Waals surface area contributed by atoms with Crippen LogP contribution in [0.4, 0.5) is 0 Å². The average Bonchev–Trinajstić information content (AvgIpc) is 3.14. The van der Waals surface area contributed by atoms with Crippen LogP contribution in [0, 0.1) is 19.3 Å². The number of hydrogen-bond acceptors (Lipinski definition) is 3. The van der Waals surface area contributed by atoms with Crippen molar-refractivity contribution in [3.63, 3.8) is 0 Å². The first-order valence-corrected chi connectivity index (χ1v) is 12.1. The molecule has 1 aliphatic heterocycles. The summed E-state index contributed by atoms with van der Waals surface area (Å²) in [6.45, 7) is 16.7. The summed E-state index contributed by atoms with van der Waals surface area (Å²) < 4.78 is 6.10. The fraction of sp³-hybridized carbons (Fsp3) is 0.500. The molecule has 1 atom stereocenters. The summed E-state index contributed by atoms with van der Waals surface area (Å²) in [5.74, 6) is -0.927. The highest BCUT2D eigenvalue weighted by atomic mass is 35.5. The normalized spacial score (nSPS) is 14.8. The number of nitrogens with zero attached hydrogens (tertiary/aromatic N) is 1. The lowest BCUT2D eigenvalue weighted by Crippen LogP contribution is -2.29. The summed E-state index contributed by atoms with van der Waals surface area (Å²) in [6.07, 6.45) is -0.685. The Morgan fingerprint density at radius 1 is 1.00 bits per heavy atom. The van der Waals surface area contributed by atoms with Crippen molar-refractivity contribution >= 4 is 23.5 Å². The number of carboxylic acid groups (broad SMARTS) is 1. The van der Waals surface area contributed by atoms with Crippen molar-refractivity contribution in [1.82, 2.24) is 4.90 Å². The molecule has 0 spiro atoms. The van der Waals surface area contributed by atoms with Crippen LogP contribution in [0.25, 0.3) is 11.1 Å². The Kier molecular flexibility index (Phi) is 7.22. The average molecular weight is 486 g/mol. The van der Waals surface area contributed by atoms with Gasteiger partial charge in [-0.1, -0.05) is 44.5 Å². The van der Waals surface area contributed by atoms with E-state index in [2.05, 4.69) is 20.8 Å². The Hall–Kier alpha value is -2.37. The van der Waals surface area contributed by atoms with E-state index >= 15 is 0 Å². The summed E-state index contributed by atoms with van der Waals surface area (Å²) >= 11 is 6.15. The topological polar surface area (TPSA) is 66.8 Å². The lowest BCUT2D eigenvalue weighted by molar-refractivity contribution is -0.160. The third-order valence-electron chi connectivity index (χ3n) is 6.14. The SMILES string of the molecule is Cc1c2c(c(C)c(C(OC(C)(C)C)C(=O)O)c1-c1ccc(Cl)cc1)CN(C(=O)CC(C)(C)C)C2. The second kappa shape index (κ2) is 9.35. The van der Waals surface area contributed by atoms with E-state index in [9.17, 15) is 14.7 Å². The molecule has 0 saturated carbocycles. The van der Waals surface area contributed by atoms with Gasteiger partial charge in [-0.2, -0.15) is 0 Å². The second-order valence-electron chi connectivity index (χ2n) is 11.4. The molecule has 3 rings (SSSR count). The maximum Gasteiger partial charge on any atom is 0.337 e. The van der Waals surface area contributed by atoms with E-state index in [1.165, 1.54) is 0 Å². The van der Waals surface area contributed by atoms with E-state index in [0.717, 1.165) is 33.4 Å². The minimum Gasteiger partial charge on any atom is -0.479 e. The summed E-state index contributed by atoms with van der Waals surface area (Å²) in [6, 6.07) is 7.44. The van der Waals surface area contributed by atoms with Crippen LogP contribution in [0.2, 0.25) is 5.02 Å². The van der Waals surface area contributed by atoms with E-state index in [4.69, 9.17) is 16.3 Å². The smallest absolute Gasteiger partial charge is 0.337 e. The number of hydrogen-bond donors (Lipinski definition) is 1. The molecule has 0 fully saturated rings. The molecule has 1 unspecified atom stereocenters. The third kappa shape index (κ3) is 5.64. The highest BCUT2D eigenvalue weighted by Crippen LogP contribution is 2.44. The van der Waals surface area contributed by atoms with Crippen molar-refractivity contribution in [2.75, 3.05) is 0 Å². The molecule has 5 nitrogen and oxygen atoms in total. The molecule has 1 N–H and O–H groups in total. The molecule has 184 valence electrons. The Balaban J connectivity index is 2.23. The largest absolute Gasteiger partial charge is 0.479 e. The number of benzene rings is 2. The van der Waals surface area contributed by atoms with Crippen molar-refractivity contribution in [2.24, 2.45) is 5.41 Å². The highest BCUT2D eigenvalue weighted by molar-refractivity contribution is 6.30. The minimum atomic E-state index is -1.14. The van der Waals surface area contributed by atoms with Gasteiger partial charge < -0.3 is 14.7 Å². The van der Waals surface area contributed by atoms with Gasteiger partial charge in [0, 0.05) is 30.1 Å². The molecule has 6 heteroatoms. The van der Waals surface area contributed by atoms with Crippen molar-refractivity contribution < 1.29 is 19.4 Å². The number of fused-ring (bicyclic) bond motifs is 1. The fourth-order valence-corrected chi connectivity index (χ4v) is 4.79. The number of carbonyl (C=O) groups excluding carboxylic acids is 1. The molecule has 0 aromatic heterocycles. The number of ether oxygens (including phenoxy) is 1. The van der Waals surface area contributed by atoms with Crippen LogP contribution in [-0.4, -0.2) is 27.5 Å². The van der Waals surface area contributed by atoms with E-state index in [1.54, 1.807) is 0 Å². The summed E-state index contributed by atoms with van der Waals surface area (Å²) in [5, 5.41) is 10.8. The molecular formula is C28H36ClNO4. The first-order chi connectivity index (χ1) is 15.6. The first kappa shape index (κ1) is 26.2. The van der Waals surface area contributed by atoms with Gasteiger partial charge in [-0.25, -0.2) is 4.79 Å². The van der Waals surface area contributed by atoms with Crippen molar-refractivity contribution in [2.45, 2.75) is 86.6 Å². The summed E-state index contributed by atoms with van der Waals surface area (Å²) in [4.78, 5) is 27.4. The zero-order valence-corrected chi connectivity index (χ0v) is 22.3. The van der Waals surface area contributed by atoms with Gasteiger partial charge in [-0.05, 0) is 85.5 Å². The number of aliphatic carboxylic acids is 1. The van der Waals surface area contributed by atoms with Crippen LogP contribution >= 0.6 is 11.6 Å². The summed E-state index contributed by atoms with van der Waals surface area (Å²) in [7, 11) is 0. The number of rotatable bonds is 5. The van der Waals surface area contributed by atoms with Gasteiger partial charge >= 0.3 is 5.97 Å². The second-order valence-corrected chi connectivity index (χ2v) is 11.9. The minimum absolute atomic E-state index is 0.107. The fourth-order valence-electron chi connectivity index (χ4n) is 4.67. The first-order valence-electron chi connectivity index (χ1n) is 11.7. The monoisotopic (exact) mass is 485 g/mol. The van der Waals surface area contributed by atoms with Gasteiger partial charge in [0.1, 0.15) is 0 Å². The number of halogens is 1. The molecule has 1 amide bonds. The molecular weight excluding hydrogens is 450 g/mol. The molecule has 1 heterocycles. The van der Waals surface area contributed by atoms with Crippen LogP contribution in [0.3, 0.4) is 0 Å². The Bertz CT molecular complexity index is 1110. The van der Waals surface area contributed by atoms with E-state index < -0.39 is 17.7 Å². The number of amides is 1. The molecule has 34 heavy (non-hydrogen) atoms. The van der Waals surface area contributed by atoms with Crippen LogP contribution in [-0.2, 0) is 27.4 Å². The maximum atomic E-state index is 13.1. The van der Waals surface area contributed by atoms with Crippen LogP contribution in [0.15, 0.2) is 24.3 Å². The molecule has 0 bridgehead atoms. The Morgan fingerprint density at radius 2 is 1.53 bits per heavy atom. The molecule has 0 saturated heterocycles. The van der Waals surface area contributed by atoms with E-state index in [-0.39, 0.29) is 11.3 Å². The van der Waals surface area contributed by atoms with Crippen LogP contribution in [0.5, 0.6) is 0 Å². The highest BCUT2D eigenvalue weighted by Gasteiger charge is 2.36. The molecule has 0 radical (unpaired) electrons. The number of carboxylic acids is 1. The standard InChI is InChI=1S/C28H36ClNO4/c1-16-20-14-30(22(31)13-27(3,4)5)15-21(20)17(2)24(25(26(32)33)34-28(6,7)8)23(16)18-9-11-19(29)12-10-18/h9-12,25H,13-15H2,1-8H3,(H,32,33). The van der Waals surface area contributed by atoms with E-state index in [0.29, 0.717) is 30.1 Å². The van der Waals surface area contributed by atoms with Crippen LogP contribution < -0.4 is 0 Å². The van der Waals surface area contributed by atoms with Crippen molar-refractivity contribution in [3.05, 3.63) is 57.1 Å².